The summed E-state index contributed by atoms with van der Waals surface area (Å²) in [7, 11) is -0.389. The first-order chi connectivity index (χ1) is 9.51. The number of rotatable bonds is 6. The quantitative estimate of drug-likeness (QED) is 0.870. The van der Waals surface area contributed by atoms with E-state index in [1.165, 1.54) is 18.4 Å². The Balaban J connectivity index is 2.12. The molecule has 0 aliphatic carbocycles. The molecule has 20 heavy (non-hydrogen) atoms. The van der Waals surface area contributed by atoms with Crippen LogP contribution in [0.4, 0.5) is 5.69 Å². The Labute approximate surface area is 119 Å². The molecule has 0 saturated carbocycles. The van der Waals surface area contributed by atoms with Crippen LogP contribution >= 0.6 is 0 Å². The average molecular weight is 294 g/mol. The average Bonchev–Trinajstić information content (AvgIpc) is 2.92. The number of hydrogen-bond acceptors (Lipinski definition) is 4. The molecule has 0 bridgehead atoms. The van der Waals surface area contributed by atoms with Gasteiger partial charge >= 0.3 is 0 Å². The highest BCUT2D eigenvalue weighted by molar-refractivity contribution is 7.89. The summed E-state index contributed by atoms with van der Waals surface area (Å²) in [5, 5.41) is 3.16. The summed E-state index contributed by atoms with van der Waals surface area (Å²) in [5.74, 6) is 0. The highest BCUT2D eigenvalue weighted by Gasteiger charge is 2.20. The molecule has 1 aromatic heterocycles. The van der Waals surface area contributed by atoms with E-state index in [4.69, 9.17) is 0 Å². The van der Waals surface area contributed by atoms with Crippen molar-refractivity contribution in [2.45, 2.75) is 11.4 Å². The normalized spacial score (nSPS) is 11.8. The molecular weight excluding hydrogens is 276 g/mol. The summed E-state index contributed by atoms with van der Waals surface area (Å²) in [4.78, 5) is 4.25. The molecule has 7 heteroatoms. The largest absolute Gasteiger partial charge is 0.382 e. The summed E-state index contributed by atoms with van der Waals surface area (Å²) in [6, 6.07) is 6.91. The van der Waals surface area contributed by atoms with Gasteiger partial charge in [0.25, 0.3) is 0 Å². The second-order valence-corrected chi connectivity index (χ2v) is 6.63. The van der Waals surface area contributed by atoms with Crippen LogP contribution in [0.3, 0.4) is 0 Å². The molecule has 2 rings (SSSR count). The van der Waals surface area contributed by atoms with E-state index in [1.54, 1.807) is 30.7 Å². The van der Waals surface area contributed by atoms with Crippen LogP contribution < -0.4 is 5.32 Å². The SMILES string of the molecule is CN(C)S(=O)(=O)c1ccccc1NCCn1ccnc1. The number of nitrogens with zero attached hydrogens (tertiary/aromatic N) is 3. The maximum atomic E-state index is 12.2. The van der Waals surface area contributed by atoms with E-state index in [0.717, 1.165) is 6.54 Å². The number of sulfonamides is 1. The van der Waals surface area contributed by atoms with Gasteiger partial charge in [0, 0.05) is 39.6 Å². The zero-order valence-electron chi connectivity index (χ0n) is 11.5. The molecule has 0 spiro atoms. The zero-order chi connectivity index (χ0) is 14.6. The van der Waals surface area contributed by atoms with E-state index < -0.39 is 10.0 Å². The van der Waals surface area contributed by atoms with Crippen molar-refractivity contribution in [1.29, 1.82) is 0 Å². The van der Waals surface area contributed by atoms with Gasteiger partial charge in [-0.25, -0.2) is 17.7 Å². The van der Waals surface area contributed by atoms with Crippen LogP contribution in [0.1, 0.15) is 0 Å². The predicted octanol–water partition coefficient (Wildman–Crippen LogP) is 1.25. The van der Waals surface area contributed by atoms with Crippen LogP contribution in [0.25, 0.3) is 0 Å². The van der Waals surface area contributed by atoms with Crippen LogP contribution in [0, 0.1) is 0 Å². The van der Waals surface area contributed by atoms with E-state index in [2.05, 4.69) is 10.3 Å². The molecule has 108 valence electrons. The third kappa shape index (κ3) is 3.17. The van der Waals surface area contributed by atoms with Crippen LogP contribution in [0.5, 0.6) is 0 Å². The first-order valence-electron chi connectivity index (χ1n) is 6.23. The first-order valence-corrected chi connectivity index (χ1v) is 7.67. The molecule has 6 nitrogen and oxygen atoms in total. The lowest BCUT2D eigenvalue weighted by Crippen LogP contribution is -2.23. The van der Waals surface area contributed by atoms with Crippen molar-refractivity contribution in [3.63, 3.8) is 0 Å². The summed E-state index contributed by atoms with van der Waals surface area (Å²) in [6.45, 7) is 1.34. The Kier molecular flexibility index (Phi) is 4.41. The molecule has 1 N–H and O–H groups in total. The summed E-state index contributed by atoms with van der Waals surface area (Å²) >= 11 is 0. The van der Waals surface area contributed by atoms with Gasteiger partial charge in [0.15, 0.2) is 0 Å². The minimum Gasteiger partial charge on any atom is -0.382 e. The van der Waals surface area contributed by atoms with Crippen LogP contribution in [0.15, 0.2) is 47.9 Å². The van der Waals surface area contributed by atoms with E-state index >= 15 is 0 Å². The van der Waals surface area contributed by atoms with Gasteiger partial charge in [-0.05, 0) is 12.1 Å². The Hall–Kier alpha value is -1.86. The number of anilines is 1. The fourth-order valence-electron chi connectivity index (χ4n) is 1.77. The molecule has 1 aromatic carbocycles. The van der Waals surface area contributed by atoms with Gasteiger partial charge in [-0.1, -0.05) is 12.1 Å². The second-order valence-electron chi connectivity index (χ2n) is 4.51. The van der Waals surface area contributed by atoms with E-state index in [-0.39, 0.29) is 4.90 Å². The van der Waals surface area contributed by atoms with Gasteiger partial charge in [0.05, 0.1) is 12.0 Å². The minimum atomic E-state index is -3.44. The summed E-state index contributed by atoms with van der Waals surface area (Å²) in [5.41, 5.74) is 0.612. The predicted molar refractivity (Wildman–Crippen MR) is 78.0 cm³/mol. The number of hydrogen-bond donors (Lipinski definition) is 1. The van der Waals surface area contributed by atoms with Crippen LogP contribution in [0.2, 0.25) is 0 Å². The van der Waals surface area contributed by atoms with Gasteiger partial charge in [-0.15, -0.1) is 0 Å². The minimum absolute atomic E-state index is 0.288. The third-order valence-corrected chi connectivity index (χ3v) is 4.76. The van der Waals surface area contributed by atoms with Gasteiger partial charge in [-0.2, -0.15) is 0 Å². The van der Waals surface area contributed by atoms with E-state index in [9.17, 15) is 8.42 Å². The highest BCUT2D eigenvalue weighted by atomic mass is 32.2. The van der Waals surface area contributed by atoms with Crippen molar-refractivity contribution in [3.05, 3.63) is 43.0 Å². The molecular formula is C13H18N4O2S. The standard InChI is InChI=1S/C13H18N4O2S/c1-16(2)20(18,19)13-6-4-3-5-12(13)15-8-10-17-9-7-14-11-17/h3-7,9,11,15H,8,10H2,1-2H3. The summed E-state index contributed by atoms with van der Waals surface area (Å²) in [6.07, 6.45) is 5.30. The highest BCUT2D eigenvalue weighted by Crippen LogP contribution is 2.22. The van der Waals surface area contributed by atoms with Gasteiger partial charge < -0.3 is 9.88 Å². The van der Waals surface area contributed by atoms with Gasteiger partial charge in [0.1, 0.15) is 4.90 Å². The smallest absolute Gasteiger partial charge is 0.244 e. The van der Waals surface area contributed by atoms with Crippen LogP contribution in [-0.2, 0) is 16.6 Å². The summed E-state index contributed by atoms with van der Waals surface area (Å²) < 4.78 is 27.6. The second kappa shape index (κ2) is 6.06. The van der Waals surface area contributed by atoms with Gasteiger partial charge in [-0.3, -0.25) is 0 Å². The van der Waals surface area contributed by atoms with E-state index in [1.807, 2.05) is 16.8 Å². The molecule has 1 heterocycles. The van der Waals surface area contributed by atoms with Crippen molar-refractivity contribution in [2.24, 2.45) is 0 Å². The molecule has 0 aliphatic heterocycles. The molecule has 0 atom stereocenters. The third-order valence-electron chi connectivity index (χ3n) is 2.89. The van der Waals surface area contributed by atoms with Crippen molar-refractivity contribution in [1.82, 2.24) is 13.9 Å². The fraction of sp³-hybridized carbons (Fsp3) is 0.308. The number of nitrogens with one attached hydrogen (secondary N) is 1. The molecule has 0 saturated heterocycles. The van der Waals surface area contributed by atoms with Crippen LogP contribution in [-0.4, -0.2) is 42.9 Å². The van der Waals surface area contributed by atoms with Crippen molar-refractivity contribution < 1.29 is 8.42 Å². The first kappa shape index (κ1) is 14.5. The number of para-hydroxylation sites is 1. The lowest BCUT2D eigenvalue weighted by molar-refractivity contribution is 0.521. The Bertz CT molecular complexity index is 651. The molecule has 0 amide bonds. The van der Waals surface area contributed by atoms with E-state index in [0.29, 0.717) is 12.2 Å². The zero-order valence-corrected chi connectivity index (χ0v) is 12.3. The lowest BCUT2D eigenvalue weighted by atomic mass is 10.3. The number of benzene rings is 1. The fourth-order valence-corrected chi connectivity index (χ4v) is 2.84. The Morgan fingerprint density at radius 1 is 1.30 bits per heavy atom. The number of aromatic nitrogens is 2. The molecule has 0 unspecified atom stereocenters. The maximum absolute atomic E-state index is 12.2. The molecule has 0 fully saturated rings. The van der Waals surface area contributed by atoms with Crippen molar-refractivity contribution in [3.8, 4) is 0 Å². The van der Waals surface area contributed by atoms with Crippen molar-refractivity contribution >= 4 is 15.7 Å². The lowest BCUT2D eigenvalue weighted by Gasteiger charge is -2.16. The Morgan fingerprint density at radius 3 is 2.70 bits per heavy atom. The number of imidazole rings is 1. The monoisotopic (exact) mass is 294 g/mol. The van der Waals surface area contributed by atoms with Gasteiger partial charge in [0.2, 0.25) is 10.0 Å². The topological polar surface area (TPSA) is 67.2 Å². The Morgan fingerprint density at radius 2 is 2.05 bits per heavy atom. The molecule has 0 radical (unpaired) electrons. The van der Waals surface area contributed by atoms with Crippen molar-refractivity contribution in [2.75, 3.05) is 26.0 Å². The maximum Gasteiger partial charge on any atom is 0.244 e. The molecule has 0 aliphatic rings. The molecule has 2 aromatic rings.